The molecule has 0 spiro atoms. The number of aromatic nitrogens is 1. The topological polar surface area (TPSA) is 91.6 Å². The molecule has 3 atom stereocenters. The normalized spacial score (nSPS) is 22.0. The molecule has 1 aromatic heterocycles. The number of likely N-dealkylation sites (tertiary alicyclic amines) is 1. The number of rotatable bonds is 4. The molecule has 4 N–H and O–H groups in total. The molecule has 3 aromatic rings. The summed E-state index contributed by atoms with van der Waals surface area (Å²) in [4.78, 5) is 17.6. The van der Waals surface area contributed by atoms with Crippen molar-refractivity contribution in [3.8, 4) is 5.75 Å². The highest BCUT2D eigenvalue weighted by molar-refractivity contribution is 5.89. The number of nitrogen functional groups attached to an aromatic ring is 1. The number of anilines is 1. The van der Waals surface area contributed by atoms with Gasteiger partial charge in [-0.05, 0) is 74.2 Å². The van der Waals surface area contributed by atoms with E-state index in [0.29, 0.717) is 18.5 Å². The molecule has 170 valence electrons. The first kappa shape index (κ1) is 22.2. The van der Waals surface area contributed by atoms with Gasteiger partial charge < -0.3 is 20.6 Å². The summed E-state index contributed by atoms with van der Waals surface area (Å²) in [6, 6.07) is 14.2. The largest absolute Gasteiger partial charge is 0.497 e. The van der Waals surface area contributed by atoms with Crippen molar-refractivity contribution >= 4 is 22.6 Å². The van der Waals surface area contributed by atoms with Crippen molar-refractivity contribution in [3.05, 3.63) is 59.3 Å². The summed E-state index contributed by atoms with van der Waals surface area (Å²) in [6.07, 6.45) is 2.88. The number of H-pyrrole nitrogens is 1. The van der Waals surface area contributed by atoms with Gasteiger partial charge in [0, 0.05) is 40.8 Å². The van der Waals surface area contributed by atoms with E-state index in [1.807, 2.05) is 12.1 Å². The van der Waals surface area contributed by atoms with Crippen LogP contribution in [0.5, 0.6) is 5.75 Å². The maximum Gasteiger partial charge on any atom is 0.307 e. The Labute approximate surface area is 189 Å². The third kappa shape index (κ3) is 4.19. The van der Waals surface area contributed by atoms with Gasteiger partial charge in [-0.1, -0.05) is 19.1 Å². The Morgan fingerprint density at radius 1 is 1.25 bits per heavy atom. The molecule has 1 fully saturated rings. The molecule has 1 aliphatic heterocycles. The van der Waals surface area contributed by atoms with Crippen LogP contribution in [-0.2, 0) is 11.2 Å². The van der Waals surface area contributed by atoms with Crippen LogP contribution in [0.3, 0.4) is 0 Å². The van der Waals surface area contributed by atoms with Gasteiger partial charge in [-0.15, -0.1) is 0 Å². The number of hydrogen-bond acceptors (Lipinski definition) is 4. The van der Waals surface area contributed by atoms with Gasteiger partial charge in [0.1, 0.15) is 5.75 Å². The van der Waals surface area contributed by atoms with Gasteiger partial charge in [0.05, 0.1) is 13.0 Å². The lowest BCUT2D eigenvalue weighted by Gasteiger charge is -2.46. The fourth-order valence-corrected chi connectivity index (χ4v) is 5.39. The number of fused-ring (bicyclic) bond motifs is 2. The smallest absolute Gasteiger partial charge is 0.307 e. The van der Waals surface area contributed by atoms with Gasteiger partial charge in [-0.3, -0.25) is 9.69 Å². The first-order valence-electron chi connectivity index (χ1n) is 11.4. The van der Waals surface area contributed by atoms with Gasteiger partial charge >= 0.3 is 5.97 Å². The molecule has 32 heavy (non-hydrogen) atoms. The van der Waals surface area contributed by atoms with Crippen molar-refractivity contribution in [2.75, 3.05) is 25.9 Å². The van der Waals surface area contributed by atoms with Crippen LogP contribution >= 0.6 is 0 Å². The first-order chi connectivity index (χ1) is 15.4. The van der Waals surface area contributed by atoms with E-state index in [2.05, 4.69) is 41.9 Å². The Morgan fingerprint density at radius 2 is 2.00 bits per heavy atom. The summed E-state index contributed by atoms with van der Waals surface area (Å²) in [5, 5.41) is 10.9. The van der Waals surface area contributed by atoms with E-state index in [0.717, 1.165) is 37.2 Å². The number of hydrogen-bond donors (Lipinski definition) is 3. The monoisotopic (exact) mass is 435 g/mol. The quantitative estimate of drug-likeness (QED) is 0.522. The number of aromatic amines is 1. The minimum atomic E-state index is -0.646. The Hall–Kier alpha value is -2.99. The Balaban J connectivity index is 0.000000230. The molecule has 0 bridgehead atoms. The Kier molecular flexibility index (Phi) is 6.42. The summed E-state index contributed by atoms with van der Waals surface area (Å²) in [6.45, 7) is 6.02. The zero-order chi connectivity index (χ0) is 22.8. The lowest BCUT2D eigenvalue weighted by Crippen LogP contribution is -2.51. The van der Waals surface area contributed by atoms with E-state index >= 15 is 0 Å². The van der Waals surface area contributed by atoms with Crippen LogP contribution in [-0.4, -0.2) is 47.2 Å². The Bertz CT molecular complexity index is 1090. The number of aliphatic carboxylic acids is 1. The second-order valence-electron chi connectivity index (χ2n) is 8.92. The number of methoxy groups -OCH3 is 1. The number of nitrogens with zero attached hydrogens (tertiary/aromatic N) is 1. The first-order valence-corrected chi connectivity index (χ1v) is 11.4. The third-order valence-corrected chi connectivity index (χ3v) is 6.89. The number of carboxylic acids is 1. The van der Waals surface area contributed by atoms with Crippen LogP contribution in [0.25, 0.3) is 10.9 Å². The molecule has 2 heterocycles. The molecule has 0 unspecified atom stereocenters. The van der Waals surface area contributed by atoms with Crippen LogP contribution in [0.2, 0.25) is 0 Å². The summed E-state index contributed by atoms with van der Waals surface area (Å²) in [7, 11) is 1.63. The maximum absolute atomic E-state index is 11.6. The predicted octanol–water partition coefficient (Wildman–Crippen LogP) is 4.58. The third-order valence-electron chi connectivity index (χ3n) is 6.89. The van der Waals surface area contributed by atoms with Crippen LogP contribution < -0.4 is 10.5 Å². The number of carboxylic acid groups (broad SMARTS) is 1. The van der Waals surface area contributed by atoms with Crippen LogP contribution in [0, 0.1) is 12.8 Å². The molecular formula is C26H33N3O3. The molecule has 6 heteroatoms. The second kappa shape index (κ2) is 9.25. The molecule has 6 nitrogen and oxygen atoms in total. The van der Waals surface area contributed by atoms with Gasteiger partial charge in [0.2, 0.25) is 0 Å². The van der Waals surface area contributed by atoms with Crippen LogP contribution in [0.1, 0.15) is 42.5 Å². The maximum atomic E-state index is 11.6. The highest BCUT2D eigenvalue weighted by Gasteiger charge is 2.42. The summed E-state index contributed by atoms with van der Waals surface area (Å²) in [5.41, 5.74) is 11.4. The van der Waals surface area contributed by atoms with E-state index in [-0.39, 0.29) is 5.92 Å². The second-order valence-corrected chi connectivity index (χ2v) is 8.92. The zero-order valence-corrected chi connectivity index (χ0v) is 19.1. The average Bonchev–Trinajstić information content (AvgIpc) is 3.11. The van der Waals surface area contributed by atoms with Gasteiger partial charge in [0.15, 0.2) is 0 Å². The minimum absolute atomic E-state index is 0.250. The average molecular weight is 436 g/mol. The summed E-state index contributed by atoms with van der Waals surface area (Å²) in [5.74, 6) is 0.277. The lowest BCUT2D eigenvalue weighted by molar-refractivity contribution is -0.144. The summed E-state index contributed by atoms with van der Waals surface area (Å²) >= 11 is 0. The van der Waals surface area contributed by atoms with Crippen molar-refractivity contribution in [2.45, 2.75) is 45.1 Å². The number of nitrogens with two attached hydrogens (primary N) is 1. The number of ether oxygens (including phenoxy) is 1. The van der Waals surface area contributed by atoms with E-state index < -0.39 is 5.97 Å². The van der Waals surface area contributed by atoms with Crippen molar-refractivity contribution in [2.24, 2.45) is 5.92 Å². The van der Waals surface area contributed by atoms with E-state index in [4.69, 9.17) is 10.5 Å². The van der Waals surface area contributed by atoms with Crippen molar-refractivity contribution in [3.63, 3.8) is 0 Å². The molecule has 0 radical (unpaired) electrons. The molecule has 0 amide bonds. The highest BCUT2D eigenvalue weighted by Crippen LogP contribution is 2.45. The highest BCUT2D eigenvalue weighted by atomic mass is 16.5. The fourth-order valence-electron chi connectivity index (χ4n) is 5.39. The van der Waals surface area contributed by atoms with Crippen LogP contribution in [0.15, 0.2) is 42.5 Å². The molecule has 2 aromatic carbocycles. The van der Waals surface area contributed by atoms with Crippen molar-refractivity contribution < 1.29 is 14.6 Å². The molecule has 5 rings (SSSR count). The van der Waals surface area contributed by atoms with E-state index in [1.165, 1.54) is 27.7 Å². The predicted molar refractivity (Wildman–Crippen MR) is 128 cm³/mol. The molecule has 2 aliphatic rings. The van der Waals surface area contributed by atoms with E-state index in [9.17, 15) is 9.90 Å². The zero-order valence-electron chi connectivity index (χ0n) is 19.1. The standard InChI is InChI=1S/C19H24N2O2.C7H9NO/c1-3-7-21-10-12(19(22)23)8-15-13-5-4-6-16-18(13)14(9-17(15)21)11(2)20-16;1-9-7-4-2-6(8)3-5-7/h4-6,12,15,17,20H,3,7-10H2,1-2H3,(H,22,23);2-5H,8H2,1H3/t12-,15-,17-;/m1./s1. The fraction of sp³-hybridized carbons (Fsp3) is 0.423. The van der Waals surface area contributed by atoms with Gasteiger partial charge in [-0.2, -0.15) is 0 Å². The molecule has 1 aliphatic carbocycles. The lowest BCUT2D eigenvalue weighted by atomic mass is 9.72. The van der Waals surface area contributed by atoms with Crippen molar-refractivity contribution in [1.82, 2.24) is 9.88 Å². The van der Waals surface area contributed by atoms with Gasteiger partial charge in [0.25, 0.3) is 0 Å². The molecular weight excluding hydrogens is 402 g/mol. The minimum Gasteiger partial charge on any atom is -0.497 e. The van der Waals surface area contributed by atoms with Gasteiger partial charge in [-0.25, -0.2) is 0 Å². The molecule has 0 saturated carbocycles. The van der Waals surface area contributed by atoms with E-state index in [1.54, 1.807) is 19.2 Å². The van der Waals surface area contributed by atoms with Crippen LogP contribution in [0.4, 0.5) is 5.69 Å². The Morgan fingerprint density at radius 3 is 2.66 bits per heavy atom. The SMILES string of the molecule is CCCN1C[C@H](C(=O)O)C[C@@H]2c3cccc4[nH]c(C)c(c34)C[C@H]21.COc1ccc(N)cc1. The number of nitrogens with one attached hydrogen (secondary N) is 1. The summed E-state index contributed by atoms with van der Waals surface area (Å²) < 4.78 is 4.91. The number of carbonyl (C=O) groups is 1. The molecule has 1 saturated heterocycles. The number of benzene rings is 2. The number of aryl methyl sites for hydroxylation is 1. The number of piperidine rings is 1. The van der Waals surface area contributed by atoms with Crippen molar-refractivity contribution in [1.29, 1.82) is 0 Å².